The molecule has 2 aromatic rings. The van der Waals surface area contributed by atoms with Crippen LogP contribution in [0.15, 0.2) is 24.4 Å². The number of benzene rings is 1. The summed E-state index contributed by atoms with van der Waals surface area (Å²) in [7, 11) is -4.67. The maximum absolute atomic E-state index is 14.4. The maximum Gasteiger partial charge on any atom is 0.534 e. The predicted octanol–water partition coefficient (Wildman–Crippen LogP) is 4.23. The Morgan fingerprint density at radius 1 is 1.19 bits per heavy atom. The van der Waals surface area contributed by atoms with Crippen LogP contribution >= 0.6 is 0 Å². The summed E-state index contributed by atoms with van der Waals surface area (Å²) in [4.78, 5) is 19.9. The quantitative estimate of drug-likeness (QED) is 0.274. The summed E-state index contributed by atoms with van der Waals surface area (Å²) in [6.07, 6.45) is 0.620. The normalized spacial score (nSPS) is 13.0. The molecule has 1 atom stereocenters. The molecule has 15 heteroatoms. The van der Waals surface area contributed by atoms with E-state index < -0.39 is 44.9 Å². The van der Waals surface area contributed by atoms with Crippen molar-refractivity contribution in [3.8, 4) is 22.9 Å². The Morgan fingerprint density at radius 2 is 1.86 bits per heavy atom. The topological polar surface area (TPSA) is 129 Å². The summed E-state index contributed by atoms with van der Waals surface area (Å²) in [6.45, 7) is 6.95. The van der Waals surface area contributed by atoms with Gasteiger partial charge in [0.15, 0.2) is 17.5 Å². The summed E-state index contributed by atoms with van der Waals surface area (Å²) in [5.74, 6) is -1.95. The van der Waals surface area contributed by atoms with Gasteiger partial charge in [0.2, 0.25) is 0 Å². The first-order valence-corrected chi connectivity index (χ1v) is 11.9. The summed E-state index contributed by atoms with van der Waals surface area (Å²) < 4.78 is 89.6. The van der Waals surface area contributed by atoms with Crippen LogP contribution in [0.1, 0.15) is 34.1 Å². The number of hydrogen-bond acceptors (Lipinski definition) is 9. The number of carbonyl (C=O) groups excluding carboxylic acids is 1. The number of amides is 1. The molecule has 2 rings (SSSR count). The molecule has 0 radical (unpaired) electrons. The lowest BCUT2D eigenvalue weighted by Crippen LogP contribution is -2.42. The number of methoxy groups -OCH3 is 1. The summed E-state index contributed by atoms with van der Waals surface area (Å²) in [5.41, 5.74) is -6.41. The average Bonchev–Trinajstić information content (AvgIpc) is 2.75. The molecule has 0 aliphatic carbocycles. The SMILES string of the molecule is CC[C@H](CNc1nc(-c2cc(OS(=O)(=O)C(F)(F)F)ccc2OC)ncc1F)NC(=O)OC(C)(C)C. The molecule has 1 aromatic heterocycles. The Balaban J connectivity index is 2.29. The largest absolute Gasteiger partial charge is 0.534 e. The molecule has 0 unspecified atom stereocenters. The van der Waals surface area contributed by atoms with E-state index in [4.69, 9.17) is 9.47 Å². The number of ether oxygens (including phenoxy) is 2. The number of alkyl halides is 3. The second-order valence-electron chi connectivity index (χ2n) is 8.37. The fourth-order valence-electron chi connectivity index (χ4n) is 2.70. The van der Waals surface area contributed by atoms with Gasteiger partial charge in [-0.05, 0) is 45.4 Å². The molecule has 1 amide bonds. The molecule has 0 saturated carbocycles. The van der Waals surface area contributed by atoms with Crippen LogP contribution < -0.4 is 19.6 Å². The van der Waals surface area contributed by atoms with E-state index in [-0.39, 0.29) is 29.5 Å². The second-order valence-corrected chi connectivity index (χ2v) is 9.91. The first kappa shape index (κ1) is 28.9. The highest BCUT2D eigenvalue weighted by molar-refractivity contribution is 7.88. The Morgan fingerprint density at radius 3 is 2.42 bits per heavy atom. The number of aromatic nitrogens is 2. The molecule has 0 saturated heterocycles. The highest BCUT2D eigenvalue weighted by Gasteiger charge is 2.48. The van der Waals surface area contributed by atoms with E-state index in [2.05, 4.69) is 24.8 Å². The number of carbonyl (C=O) groups is 1. The zero-order valence-electron chi connectivity index (χ0n) is 20.1. The molecule has 10 nitrogen and oxygen atoms in total. The van der Waals surface area contributed by atoms with Crippen LogP contribution in [0, 0.1) is 5.82 Å². The predicted molar refractivity (Wildman–Crippen MR) is 122 cm³/mol. The molecule has 0 bridgehead atoms. The van der Waals surface area contributed by atoms with Crippen molar-refractivity contribution in [2.45, 2.75) is 51.3 Å². The fraction of sp³-hybridized carbons (Fsp3) is 0.476. The van der Waals surface area contributed by atoms with Crippen LogP contribution in [0.5, 0.6) is 11.5 Å². The lowest BCUT2D eigenvalue weighted by atomic mass is 10.1. The number of nitrogens with one attached hydrogen (secondary N) is 2. The van der Waals surface area contributed by atoms with Crippen LogP contribution in [-0.4, -0.2) is 55.3 Å². The number of anilines is 1. The van der Waals surface area contributed by atoms with Gasteiger partial charge in [-0.15, -0.1) is 0 Å². The molecular weight excluding hydrogens is 512 g/mol. The zero-order chi connectivity index (χ0) is 27.3. The molecule has 200 valence electrons. The van der Waals surface area contributed by atoms with Crippen molar-refractivity contribution in [1.29, 1.82) is 0 Å². The van der Waals surface area contributed by atoms with E-state index in [1.54, 1.807) is 27.7 Å². The number of alkyl carbamates (subject to hydrolysis) is 1. The average molecular weight is 539 g/mol. The molecule has 2 N–H and O–H groups in total. The van der Waals surface area contributed by atoms with Crippen LogP contribution in [-0.2, 0) is 14.9 Å². The zero-order valence-corrected chi connectivity index (χ0v) is 20.9. The van der Waals surface area contributed by atoms with Gasteiger partial charge in [-0.25, -0.2) is 19.2 Å². The van der Waals surface area contributed by atoms with Crippen molar-refractivity contribution in [3.05, 3.63) is 30.2 Å². The highest BCUT2D eigenvalue weighted by Crippen LogP contribution is 2.34. The molecule has 1 heterocycles. The minimum atomic E-state index is -5.93. The molecule has 36 heavy (non-hydrogen) atoms. The van der Waals surface area contributed by atoms with Crippen molar-refractivity contribution < 1.29 is 44.4 Å². The summed E-state index contributed by atoms with van der Waals surface area (Å²) >= 11 is 0. The number of halogens is 4. The van der Waals surface area contributed by atoms with Gasteiger partial charge in [0.1, 0.15) is 17.1 Å². The number of hydrogen-bond donors (Lipinski definition) is 2. The first-order chi connectivity index (χ1) is 16.6. The van der Waals surface area contributed by atoms with E-state index in [9.17, 15) is 30.8 Å². The van der Waals surface area contributed by atoms with Crippen LogP contribution in [0.2, 0.25) is 0 Å². The van der Waals surface area contributed by atoms with Gasteiger partial charge in [-0.1, -0.05) is 6.92 Å². The summed E-state index contributed by atoms with van der Waals surface area (Å²) in [5, 5.41) is 5.38. The van der Waals surface area contributed by atoms with Crippen LogP contribution in [0.3, 0.4) is 0 Å². The van der Waals surface area contributed by atoms with E-state index >= 15 is 0 Å². The van der Waals surface area contributed by atoms with Gasteiger partial charge in [0.25, 0.3) is 0 Å². The number of rotatable bonds is 9. The Bertz CT molecular complexity index is 1190. The van der Waals surface area contributed by atoms with Gasteiger partial charge in [0, 0.05) is 12.6 Å². The van der Waals surface area contributed by atoms with Crippen LogP contribution in [0.4, 0.5) is 28.2 Å². The van der Waals surface area contributed by atoms with Crippen molar-refractivity contribution >= 4 is 22.0 Å². The molecular formula is C21H26F4N4O6S. The smallest absolute Gasteiger partial charge is 0.496 e. The van der Waals surface area contributed by atoms with Gasteiger partial charge >= 0.3 is 21.7 Å². The minimum absolute atomic E-state index is 0.0488. The van der Waals surface area contributed by atoms with Gasteiger partial charge in [-0.3, -0.25) is 0 Å². The Hall–Kier alpha value is -3.36. The van der Waals surface area contributed by atoms with Gasteiger partial charge in [0.05, 0.1) is 18.9 Å². The van der Waals surface area contributed by atoms with E-state index in [1.807, 2.05) is 0 Å². The molecule has 1 aromatic carbocycles. The minimum Gasteiger partial charge on any atom is -0.496 e. The van der Waals surface area contributed by atoms with Crippen LogP contribution in [0.25, 0.3) is 11.4 Å². The molecule has 0 fully saturated rings. The van der Waals surface area contributed by atoms with Crippen molar-refractivity contribution in [2.24, 2.45) is 0 Å². The molecule has 0 spiro atoms. The lowest BCUT2D eigenvalue weighted by Gasteiger charge is -2.23. The second kappa shape index (κ2) is 11.1. The third-order valence-electron chi connectivity index (χ3n) is 4.37. The van der Waals surface area contributed by atoms with Gasteiger partial charge in [-0.2, -0.15) is 21.6 Å². The van der Waals surface area contributed by atoms with Crippen molar-refractivity contribution in [1.82, 2.24) is 15.3 Å². The monoisotopic (exact) mass is 538 g/mol. The molecule has 0 aliphatic heterocycles. The maximum atomic E-state index is 14.4. The van der Waals surface area contributed by atoms with Crippen molar-refractivity contribution in [2.75, 3.05) is 19.0 Å². The summed E-state index contributed by atoms with van der Waals surface area (Å²) in [6, 6.07) is 2.55. The lowest BCUT2D eigenvalue weighted by molar-refractivity contribution is -0.0500. The third kappa shape index (κ3) is 7.83. The third-order valence-corrected chi connectivity index (χ3v) is 5.35. The van der Waals surface area contributed by atoms with Crippen molar-refractivity contribution in [3.63, 3.8) is 0 Å². The molecule has 0 aliphatic rings. The highest BCUT2D eigenvalue weighted by atomic mass is 32.2. The Kier molecular flexibility index (Phi) is 8.93. The van der Waals surface area contributed by atoms with E-state index in [0.717, 1.165) is 24.4 Å². The van der Waals surface area contributed by atoms with E-state index in [1.165, 1.54) is 7.11 Å². The van der Waals surface area contributed by atoms with E-state index in [0.29, 0.717) is 6.42 Å². The standard InChI is InChI=1S/C21H26F4N4O6S/c1-6-12(28-19(30)34-20(2,3)4)10-26-18-15(22)11-27-17(29-18)14-9-13(7-8-16(14)33-5)35-36(31,32)21(23,24)25/h7-9,11-12H,6,10H2,1-5H3,(H,28,30)(H,26,27,29)/t12-/m1/s1. The first-order valence-electron chi connectivity index (χ1n) is 10.5. The fourth-order valence-corrected chi connectivity index (χ4v) is 3.15. The Labute approximate surface area is 205 Å². The number of nitrogens with zero attached hydrogens (tertiary/aromatic N) is 2. The van der Waals surface area contributed by atoms with Gasteiger partial charge < -0.3 is 24.3 Å².